The van der Waals surface area contributed by atoms with Crippen molar-refractivity contribution in [2.75, 3.05) is 18.4 Å². The molecule has 1 aliphatic heterocycles. The van der Waals surface area contributed by atoms with Gasteiger partial charge in [0.05, 0.1) is 0 Å². The lowest BCUT2D eigenvalue weighted by Gasteiger charge is -2.23. The first-order valence-electron chi connectivity index (χ1n) is 6.24. The predicted octanol–water partition coefficient (Wildman–Crippen LogP) is 1.13. The second-order valence-electron chi connectivity index (χ2n) is 4.69. The summed E-state index contributed by atoms with van der Waals surface area (Å²) in [6.45, 7) is 2.20. The van der Waals surface area contributed by atoms with E-state index in [1.54, 1.807) is 0 Å². The Morgan fingerprint density at radius 1 is 1.25 bits per heavy atom. The van der Waals surface area contributed by atoms with Crippen molar-refractivity contribution in [2.45, 2.75) is 38.1 Å². The molecule has 3 rings (SSSR count). The summed E-state index contributed by atoms with van der Waals surface area (Å²) in [6.07, 6.45) is 7.85. The van der Waals surface area contributed by atoms with Gasteiger partial charge in [-0.1, -0.05) is 0 Å². The van der Waals surface area contributed by atoms with E-state index in [0.29, 0.717) is 6.04 Å². The maximum Gasteiger partial charge on any atom is 0.223 e. The number of fused-ring (bicyclic) bond motifs is 1. The highest BCUT2D eigenvalue weighted by Crippen LogP contribution is 2.20. The Bertz CT molecular complexity index is 371. The van der Waals surface area contributed by atoms with E-state index in [4.69, 9.17) is 0 Å². The summed E-state index contributed by atoms with van der Waals surface area (Å²) < 4.78 is 0. The average Bonchev–Trinajstić information content (AvgIpc) is 2.77. The molecule has 1 fully saturated rings. The Labute approximate surface area is 95.9 Å². The van der Waals surface area contributed by atoms with E-state index in [-0.39, 0.29) is 0 Å². The standard InChI is InChI=1S/C12H18N4/c1-2-9-8-14-12(16-11(9)3-1)15-10-4-6-13-7-5-10/h8,10,13H,1-7H2,(H,14,15,16). The lowest BCUT2D eigenvalue weighted by molar-refractivity contribution is 0.477. The topological polar surface area (TPSA) is 49.8 Å². The van der Waals surface area contributed by atoms with Crippen LogP contribution in [0.4, 0.5) is 5.95 Å². The zero-order chi connectivity index (χ0) is 10.8. The van der Waals surface area contributed by atoms with Crippen molar-refractivity contribution >= 4 is 5.95 Å². The molecule has 0 saturated carbocycles. The van der Waals surface area contributed by atoms with Crippen LogP contribution in [0.1, 0.15) is 30.5 Å². The van der Waals surface area contributed by atoms with Crippen LogP contribution in [0.3, 0.4) is 0 Å². The van der Waals surface area contributed by atoms with Crippen LogP contribution < -0.4 is 10.6 Å². The number of aromatic nitrogens is 2. The minimum absolute atomic E-state index is 0.542. The van der Waals surface area contributed by atoms with E-state index < -0.39 is 0 Å². The molecule has 86 valence electrons. The van der Waals surface area contributed by atoms with Crippen molar-refractivity contribution in [1.29, 1.82) is 0 Å². The largest absolute Gasteiger partial charge is 0.351 e. The van der Waals surface area contributed by atoms with Crippen molar-refractivity contribution in [1.82, 2.24) is 15.3 Å². The monoisotopic (exact) mass is 218 g/mol. The fraction of sp³-hybridized carbons (Fsp3) is 0.667. The zero-order valence-electron chi connectivity index (χ0n) is 9.50. The number of rotatable bonds is 2. The first-order chi connectivity index (χ1) is 7.92. The number of anilines is 1. The van der Waals surface area contributed by atoms with E-state index in [9.17, 15) is 0 Å². The molecule has 0 amide bonds. The number of nitrogens with zero attached hydrogens (tertiary/aromatic N) is 2. The highest BCUT2D eigenvalue weighted by atomic mass is 15.1. The Morgan fingerprint density at radius 2 is 2.12 bits per heavy atom. The minimum atomic E-state index is 0.542. The summed E-state index contributed by atoms with van der Waals surface area (Å²) in [5.41, 5.74) is 2.60. The SMILES string of the molecule is c1nc(NC2CCNCC2)nc2c1CCC2. The smallest absolute Gasteiger partial charge is 0.223 e. The zero-order valence-corrected chi connectivity index (χ0v) is 9.50. The summed E-state index contributed by atoms with van der Waals surface area (Å²) in [6, 6.07) is 0.542. The highest BCUT2D eigenvalue weighted by molar-refractivity contribution is 5.33. The molecule has 4 nitrogen and oxygen atoms in total. The van der Waals surface area contributed by atoms with Crippen LogP contribution in [0.2, 0.25) is 0 Å². The number of hydrogen-bond acceptors (Lipinski definition) is 4. The van der Waals surface area contributed by atoms with Crippen molar-refractivity contribution in [2.24, 2.45) is 0 Å². The summed E-state index contributed by atoms with van der Waals surface area (Å²) >= 11 is 0. The fourth-order valence-electron chi connectivity index (χ4n) is 2.53. The normalized spacial score (nSPS) is 20.8. The molecule has 2 heterocycles. The second-order valence-corrected chi connectivity index (χ2v) is 4.69. The van der Waals surface area contributed by atoms with Crippen molar-refractivity contribution in [3.8, 4) is 0 Å². The van der Waals surface area contributed by atoms with Crippen LogP contribution in [0.15, 0.2) is 6.20 Å². The lowest BCUT2D eigenvalue weighted by atomic mass is 10.1. The number of piperidine rings is 1. The molecule has 4 heteroatoms. The van der Waals surface area contributed by atoms with Gasteiger partial charge < -0.3 is 10.6 Å². The van der Waals surface area contributed by atoms with Gasteiger partial charge in [0, 0.05) is 17.9 Å². The molecule has 0 aromatic carbocycles. The molecule has 0 atom stereocenters. The highest BCUT2D eigenvalue weighted by Gasteiger charge is 2.16. The number of aryl methyl sites for hydroxylation is 2. The molecule has 16 heavy (non-hydrogen) atoms. The predicted molar refractivity (Wildman–Crippen MR) is 63.6 cm³/mol. The molecular weight excluding hydrogens is 200 g/mol. The van der Waals surface area contributed by atoms with Crippen LogP contribution in [-0.4, -0.2) is 29.1 Å². The molecule has 2 aliphatic rings. The van der Waals surface area contributed by atoms with Crippen molar-refractivity contribution in [3.63, 3.8) is 0 Å². The lowest BCUT2D eigenvalue weighted by Crippen LogP contribution is -2.35. The number of hydrogen-bond donors (Lipinski definition) is 2. The maximum absolute atomic E-state index is 4.60. The van der Waals surface area contributed by atoms with Crippen LogP contribution in [0.5, 0.6) is 0 Å². The van der Waals surface area contributed by atoms with Gasteiger partial charge in [0.1, 0.15) is 0 Å². The molecular formula is C12H18N4. The minimum Gasteiger partial charge on any atom is -0.351 e. The third kappa shape index (κ3) is 2.02. The van der Waals surface area contributed by atoms with Gasteiger partial charge in [0.15, 0.2) is 0 Å². The Morgan fingerprint density at radius 3 is 3.00 bits per heavy atom. The number of nitrogens with one attached hydrogen (secondary N) is 2. The second kappa shape index (κ2) is 4.37. The van der Waals surface area contributed by atoms with E-state index in [2.05, 4.69) is 20.6 Å². The van der Waals surface area contributed by atoms with Gasteiger partial charge in [0.25, 0.3) is 0 Å². The fourth-order valence-corrected chi connectivity index (χ4v) is 2.53. The Balaban J connectivity index is 1.69. The first-order valence-corrected chi connectivity index (χ1v) is 6.24. The molecule has 1 aliphatic carbocycles. The van der Waals surface area contributed by atoms with Gasteiger partial charge in [-0.25, -0.2) is 9.97 Å². The third-order valence-electron chi connectivity index (χ3n) is 3.49. The maximum atomic E-state index is 4.60. The van der Waals surface area contributed by atoms with Crippen LogP contribution in [-0.2, 0) is 12.8 Å². The molecule has 0 bridgehead atoms. The van der Waals surface area contributed by atoms with Crippen LogP contribution >= 0.6 is 0 Å². The summed E-state index contributed by atoms with van der Waals surface area (Å²) in [4.78, 5) is 9.01. The van der Waals surface area contributed by atoms with E-state index >= 15 is 0 Å². The van der Waals surface area contributed by atoms with Crippen LogP contribution in [0.25, 0.3) is 0 Å². The quantitative estimate of drug-likeness (QED) is 0.781. The molecule has 0 unspecified atom stereocenters. The molecule has 0 radical (unpaired) electrons. The van der Waals surface area contributed by atoms with E-state index in [0.717, 1.165) is 31.9 Å². The van der Waals surface area contributed by atoms with Crippen molar-refractivity contribution < 1.29 is 0 Å². The third-order valence-corrected chi connectivity index (χ3v) is 3.49. The molecule has 2 N–H and O–H groups in total. The van der Waals surface area contributed by atoms with Gasteiger partial charge in [-0.15, -0.1) is 0 Å². The first kappa shape index (κ1) is 10.0. The summed E-state index contributed by atoms with van der Waals surface area (Å²) in [7, 11) is 0. The van der Waals surface area contributed by atoms with E-state index in [1.807, 2.05) is 6.20 Å². The summed E-state index contributed by atoms with van der Waals surface area (Å²) in [5, 5.41) is 6.81. The summed E-state index contributed by atoms with van der Waals surface area (Å²) in [5.74, 6) is 0.826. The van der Waals surface area contributed by atoms with Gasteiger partial charge in [0.2, 0.25) is 5.95 Å². The molecule has 1 aromatic rings. The van der Waals surface area contributed by atoms with Gasteiger partial charge in [-0.2, -0.15) is 0 Å². The van der Waals surface area contributed by atoms with Crippen molar-refractivity contribution in [3.05, 3.63) is 17.5 Å². The average molecular weight is 218 g/mol. The van der Waals surface area contributed by atoms with Gasteiger partial charge in [-0.05, 0) is 50.8 Å². The molecule has 1 saturated heterocycles. The van der Waals surface area contributed by atoms with Gasteiger partial charge in [-0.3, -0.25) is 0 Å². The van der Waals surface area contributed by atoms with Crippen LogP contribution in [0, 0.1) is 0 Å². The van der Waals surface area contributed by atoms with E-state index in [1.165, 1.54) is 30.5 Å². The Hall–Kier alpha value is -1.16. The molecule has 1 aromatic heterocycles. The Kier molecular flexibility index (Phi) is 2.74. The van der Waals surface area contributed by atoms with Gasteiger partial charge >= 0.3 is 0 Å². The molecule has 0 spiro atoms.